The molecule has 0 N–H and O–H groups in total. The van der Waals surface area contributed by atoms with Crippen LogP contribution in [0.2, 0.25) is 5.02 Å². The first kappa shape index (κ1) is 21.0. The number of pyridine rings is 1. The molecule has 6 nitrogen and oxygen atoms in total. The first-order valence-corrected chi connectivity index (χ1v) is 10.4. The second-order valence-corrected chi connectivity index (χ2v) is 8.53. The van der Waals surface area contributed by atoms with Crippen molar-refractivity contribution >= 4 is 34.7 Å². The molecule has 3 heterocycles. The predicted octanol–water partition coefficient (Wildman–Crippen LogP) is 3.57. The summed E-state index contributed by atoms with van der Waals surface area (Å²) in [6.07, 6.45) is 1.41. The third kappa shape index (κ3) is 4.98. The Labute approximate surface area is 173 Å². The van der Waals surface area contributed by atoms with Crippen LogP contribution >= 0.6 is 22.9 Å². The first-order valence-electron chi connectivity index (χ1n) is 9.18. The Hall–Kier alpha value is -1.77. The molecule has 2 aromatic rings. The summed E-state index contributed by atoms with van der Waals surface area (Å²) in [5, 5.41) is 3.29. The molecule has 1 fully saturated rings. The molecule has 0 aliphatic carbocycles. The van der Waals surface area contributed by atoms with Crippen molar-refractivity contribution in [3.8, 4) is 0 Å². The lowest BCUT2D eigenvalue weighted by Gasteiger charge is -2.27. The number of hydrogen-bond acceptors (Lipinski definition) is 6. The molecule has 1 unspecified atom stereocenters. The summed E-state index contributed by atoms with van der Waals surface area (Å²) in [6, 6.07) is 1.23. The van der Waals surface area contributed by atoms with Crippen LogP contribution in [0.3, 0.4) is 0 Å². The Kier molecular flexibility index (Phi) is 6.85. The van der Waals surface area contributed by atoms with E-state index in [2.05, 4.69) is 23.8 Å². The van der Waals surface area contributed by atoms with Gasteiger partial charge in [-0.25, -0.2) is 14.4 Å². The van der Waals surface area contributed by atoms with E-state index in [1.54, 1.807) is 28.2 Å². The van der Waals surface area contributed by atoms with Gasteiger partial charge in [0.05, 0.1) is 41.4 Å². The van der Waals surface area contributed by atoms with E-state index in [0.29, 0.717) is 38.8 Å². The maximum Gasteiger partial charge on any atom is 0.229 e. The van der Waals surface area contributed by atoms with Crippen molar-refractivity contribution in [2.75, 3.05) is 38.3 Å². The van der Waals surface area contributed by atoms with Crippen molar-refractivity contribution in [3.63, 3.8) is 0 Å². The Morgan fingerprint density at radius 2 is 2.32 bits per heavy atom. The van der Waals surface area contributed by atoms with Crippen LogP contribution < -0.4 is 4.90 Å². The third-order valence-electron chi connectivity index (χ3n) is 4.54. The highest BCUT2D eigenvalue weighted by molar-refractivity contribution is 7.09. The third-order valence-corrected chi connectivity index (χ3v) is 5.94. The van der Waals surface area contributed by atoms with Gasteiger partial charge in [0.1, 0.15) is 0 Å². The van der Waals surface area contributed by atoms with Crippen molar-refractivity contribution < 1.29 is 13.9 Å². The molecule has 0 radical (unpaired) electrons. The summed E-state index contributed by atoms with van der Waals surface area (Å²) in [7, 11) is 1.76. The Morgan fingerprint density at radius 1 is 1.54 bits per heavy atom. The molecule has 0 spiro atoms. The minimum absolute atomic E-state index is 0.0552. The van der Waals surface area contributed by atoms with Crippen molar-refractivity contribution in [3.05, 3.63) is 39.2 Å². The van der Waals surface area contributed by atoms with E-state index in [-0.39, 0.29) is 16.7 Å². The van der Waals surface area contributed by atoms with E-state index < -0.39 is 11.7 Å². The summed E-state index contributed by atoms with van der Waals surface area (Å²) in [5.41, 5.74) is 0.876. The van der Waals surface area contributed by atoms with E-state index in [9.17, 15) is 9.18 Å². The first-order chi connectivity index (χ1) is 13.3. The zero-order valence-electron chi connectivity index (χ0n) is 16.2. The zero-order chi connectivity index (χ0) is 20.3. The van der Waals surface area contributed by atoms with E-state index in [0.717, 1.165) is 10.7 Å². The highest BCUT2D eigenvalue weighted by Crippen LogP contribution is 2.23. The minimum atomic E-state index is -0.502. The van der Waals surface area contributed by atoms with Crippen LogP contribution in [0.1, 0.15) is 30.5 Å². The smallest absolute Gasteiger partial charge is 0.229 e. The number of rotatable bonds is 5. The van der Waals surface area contributed by atoms with Gasteiger partial charge >= 0.3 is 0 Å². The van der Waals surface area contributed by atoms with E-state index in [4.69, 9.17) is 16.3 Å². The number of carbonyl (C=O) groups excluding carboxylic acids is 1. The van der Waals surface area contributed by atoms with Gasteiger partial charge in [-0.1, -0.05) is 25.4 Å². The Balaban J connectivity index is 1.69. The zero-order valence-corrected chi connectivity index (χ0v) is 17.8. The second-order valence-electron chi connectivity index (χ2n) is 7.20. The molecule has 1 saturated heterocycles. The van der Waals surface area contributed by atoms with Gasteiger partial charge in [-0.2, -0.15) is 0 Å². The van der Waals surface area contributed by atoms with Crippen molar-refractivity contribution in [1.82, 2.24) is 14.9 Å². The average Bonchev–Trinajstić information content (AvgIpc) is 2.98. The number of carbonyl (C=O) groups is 1. The largest absolute Gasteiger partial charge is 0.379 e. The lowest BCUT2D eigenvalue weighted by atomic mass is 10.1. The van der Waals surface area contributed by atoms with Crippen LogP contribution in [0.5, 0.6) is 0 Å². The summed E-state index contributed by atoms with van der Waals surface area (Å²) in [4.78, 5) is 25.1. The summed E-state index contributed by atoms with van der Waals surface area (Å²) < 4.78 is 19.9. The molecule has 9 heteroatoms. The average molecular weight is 427 g/mol. The van der Waals surface area contributed by atoms with Gasteiger partial charge in [-0.15, -0.1) is 11.3 Å². The molecule has 1 aliphatic heterocycles. The normalized spacial score (nSPS) is 17.6. The fraction of sp³-hybridized carbons (Fsp3) is 0.526. The van der Waals surface area contributed by atoms with Gasteiger partial charge in [0.25, 0.3) is 0 Å². The van der Waals surface area contributed by atoms with Gasteiger partial charge in [-0.05, 0) is 6.07 Å². The number of thiazole rings is 1. The highest BCUT2D eigenvalue weighted by atomic mass is 35.5. The fourth-order valence-electron chi connectivity index (χ4n) is 3.09. The van der Waals surface area contributed by atoms with E-state index in [1.165, 1.54) is 12.3 Å². The maximum absolute atomic E-state index is 14.3. The second kappa shape index (κ2) is 9.15. The molecule has 152 valence electrons. The van der Waals surface area contributed by atoms with Gasteiger partial charge in [0.15, 0.2) is 11.6 Å². The standard InChI is InChI=1S/C19H24ClFN4O2S/c1-12(2)18-23-15(11-28-18)9-24(3)19(26)13-8-25(4-5-27-10-13)17-16(21)6-14(20)7-22-17/h6-7,11-13H,4-5,8-10H2,1-3H3. The summed E-state index contributed by atoms with van der Waals surface area (Å²) in [5.74, 6) is -0.410. The molecule has 2 aromatic heterocycles. The minimum Gasteiger partial charge on any atom is -0.379 e. The van der Waals surface area contributed by atoms with Gasteiger partial charge in [0.2, 0.25) is 5.91 Å². The monoisotopic (exact) mass is 426 g/mol. The predicted molar refractivity (Wildman–Crippen MR) is 108 cm³/mol. The summed E-state index contributed by atoms with van der Waals surface area (Å²) in [6.45, 7) is 6.13. The van der Waals surface area contributed by atoms with Crippen LogP contribution in [-0.4, -0.2) is 54.1 Å². The van der Waals surface area contributed by atoms with Crippen LogP contribution in [0.25, 0.3) is 0 Å². The lowest BCUT2D eigenvalue weighted by molar-refractivity contribution is -0.136. The molecule has 3 rings (SSSR count). The van der Waals surface area contributed by atoms with Gasteiger partial charge in [0, 0.05) is 37.6 Å². The number of hydrogen-bond donors (Lipinski definition) is 0. The molecule has 0 aromatic carbocycles. The quantitative estimate of drug-likeness (QED) is 0.731. The van der Waals surface area contributed by atoms with Crippen LogP contribution in [0, 0.1) is 11.7 Å². The topological polar surface area (TPSA) is 58.6 Å². The SMILES string of the molecule is CC(C)c1nc(CN(C)C(=O)C2COCCN(c3ncc(Cl)cc3F)C2)cs1. The molecular weight excluding hydrogens is 403 g/mol. The molecule has 28 heavy (non-hydrogen) atoms. The highest BCUT2D eigenvalue weighted by Gasteiger charge is 2.29. The molecule has 0 bridgehead atoms. The number of ether oxygens (including phenoxy) is 1. The molecule has 1 atom stereocenters. The van der Waals surface area contributed by atoms with Crippen LogP contribution in [-0.2, 0) is 16.1 Å². The van der Waals surface area contributed by atoms with E-state index >= 15 is 0 Å². The number of amides is 1. The fourth-order valence-corrected chi connectivity index (χ4v) is 4.06. The Bertz CT molecular complexity index is 832. The maximum atomic E-state index is 14.3. The number of halogens is 2. The molecular formula is C19H24ClFN4O2S. The van der Waals surface area contributed by atoms with Gasteiger partial charge < -0.3 is 14.5 Å². The van der Waals surface area contributed by atoms with E-state index in [1.807, 2.05) is 5.38 Å². The summed E-state index contributed by atoms with van der Waals surface area (Å²) >= 11 is 7.40. The number of anilines is 1. The van der Waals surface area contributed by atoms with Crippen molar-refractivity contribution in [2.45, 2.75) is 26.3 Å². The molecule has 0 saturated carbocycles. The Morgan fingerprint density at radius 3 is 3.00 bits per heavy atom. The lowest BCUT2D eigenvalue weighted by Crippen LogP contribution is -2.40. The number of nitrogens with zero attached hydrogens (tertiary/aromatic N) is 4. The van der Waals surface area contributed by atoms with Crippen LogP contribution in [0.15, 0.2) is 17.6 Å². The molecule has 1 aliphatic rings. The van der Waals surface area contributed by atoms with Crippen molar-refractivity contribution in [2.24, 2.45) is 5.92 Å². The molecule has 1 amide bonds. The van der Waals surface area contributed by atoms with Gasteiger partial charge in [-0.3, -0.25) is 4.79 Å². The van der Waals surface area contributed by atoms with Crippen molar-refractivity contribution in [1.29, 1.82) is 0 Å². The number of aromatic nitrogens is 2. The van der Waals surface area contributed by atoms with Crippen LogP contribution in [0.4, 0.5) is 10.2 Å².